The number of hydroxylamine groups is 2. The summed E-state index contributed by atoms with van der Waals surface area (Å²) in [6, 6.07) is -0.384. The molecule has 2 saturated heterocycles. The van der Waals surface area contributed by atoms with E-state index in [1.54, 1.807) is 15.9 Å². The standard InChI is InChI=1S/C28H46N6O6/c1-6-8-18-38-34-22-13-14-23(33(19-22)26(34)36)25-31-30-24(39-25)12-9-10-17-32(27(37)40-28(3,4)5)21(11-7-2)15-16-29-20-35/h21-23H,6-19H2,1-5H3/t21?,22-,23-/m0/s1. The number of isocyanates is 1. The molecule has 0 saturated carbocycles. The Morgan fingerprint density at radius 1 is 1.18 bits per heavy atom. The molecule has 0 aromatic carbocycles. The van der Waals surface area contributed by atoms with Crippen LogP contribution < -0.4 is 0 Å². The van der Waals surface area contributed by atoms with E-state index in [-0.39, 0.29) is 30.2 Å². The van der Waals surface area contributed by atoms with E-state index >= 15 is 0 Å². The highest BCUT2D eigenvalue weighted by atomic mass is 16.7. The zero-order valence-corrected chi connectivity index (χ0v) is 24.8. The molecule has 12 nitrogen and oxygen atoms in total. The summed E-state index contributed by atoms with van der Waals surface area (Å²) in [6.07, 6.45) is 9.00. The van der Waals surface area contributed by atoms with Gasteiger partial charge in [0.2, 0.25) is 17.9 Å². The van der Waals surface area contributed by atoms with Gasteiger partial charge in [0.1, 0.15) is 11.6 Å². The molecule has 2 fully saturated rings. The van der Waals surface area contributed by atoms with Crippen LogP contribution in [0.3, 0.4) is 0 Å². The Morgan fingerprint density at radius 3 is 2.67 bits per heavy atom. The lowest BCUT2D eigenvalue weighted by Crippen LogP contribution is -2.44. The quantitative estimate of drug-likeness (QED) is 0.153. The molecule has 0 spiro atoms. The number of aryl methyl sites for hydroxylation is 1. The number of carbonyl (C=O) groups excluding carboxylic acids is 3. The number of piperidine rings is 1. The summed E-state index contributed by atoms with van der Waals surface area (Å²) in [4.78, 5) is 49.5. The van der Waals surface area contributed by atoms with E-state index < -0.39 is 5.60 Å². The Morgan fingerprint density at radius 2 is 1.98 bits per heavy atom. The van der Waals surface area contributed by atoms with Crippen molar-refractivity contribution >= 4 is 18.2 Å². The molecule has 40 heavy (non-hydrogen) atoms. The van der Waals surface area contributed by atoms with Crippen molar-refractivity contribution in [2.75, 3.05) is 26.2 Å². The van der Waals surface area contributed by atoms with Crippen molar-refractivity contribution in [1.82, 2.24) is 25.1 Å². The molecule has 0 aliphatic carbocycles. The van der Waals surface area contributed by atoms with Gasteiger partial charge in [-0.3, -0.25) is 4.84 Å². The van der Waals surface area contributed by atoms with Gasteiger partial charge in [-0.2, -0.15) is 5.06 Å². The average Bonchev–Trinajstić information content (AvgIpc) is 3.46. The van der Waals surface area contributed by atoms with Gasteiger partial charge in [-0.25, -0.2) is 19.4 Å². The van der Waals surface area contributed by atoms with E-state index in [9.17, 15) is 14.4 Å². The maximum absolute atomic E-state index is 13.0. The Kier molecular flexibility index (Phi) is 11.9. The molecule has 3 heterocycles. The first-order chi connectivity index (χ1) is 19.2. The number of hydrogen-bond donors (Lipinski definition) is 0. The average molecular weight is 563 g/mol. The number of aromatic nitrogens is 2. The van der Waals surface area contributed by atoms with Crippen molar-refractivity contribution in [2.45, 2.75) is 123 Å². The van der Waals surface area contributed by atoms with Gasteiger partial charge < -0.3 is 19.0 Å². The van der Waals surface area contributed by atoms with Crippen LogP contribution in [0.5, 0.6) is 0 Å². The summed E-state index contributed by atoms with van der Waals surface area (Å²) < 4.78 is 11.7. The third-order valence-corrected chi connectivity index (χ3v) is 7.19. The minimum absolute atomic E-state index is 0.0673. The molecule has 3 amide bonds. The summed E-state index contributed by atoms with van der Waals surface area (Å²) in [7, 11) is 0. The van der Waals surface area contributed by atoms with Gasteiger partial charge in [0.25, 0.3) is 0 Å². The summed E-state index contributed by atoms with van der Waals surface area (Å²) in [6.45, 7) is 11.7. The Labute approximate surface area is 237 Å². The number of fused-ring (bicyclic) bond motifs is 2. The molecule has 2 aliphatic heterocycles. The fourth-order valence-corrected chi connectivity index (χ4v) is 5.21. The number of rotatable bonds is 16. The normalized spacial score (nSPS) is 19.5. The molecule has 12 heteroatoms. The number of ether oxygens (including phenoxy) is 1. The van der Waals surface area contributed by atoms with Crippen molar-refractivity contribution in [3.05, 3.63) is 11.8 Å². The minimum atomic E-state index is -0.609. The first kappa shape index (κ1) is 31.5. The molecular weight excluding hydrogens is 516 g/mol. The highest BCUT2D eigenvalue weighted by Crippen LogP contribution is 2.38. The molecular formula is C28H46N6O6. The van der Waals surface area contributed by atoms with Gasteiger partial charge in [-0.1, -0.05) is 26.7 Å². The second-order valence-electron chi connectivity index (χ2n) is 11.6. The van der Waals surface area contributed by atoms with Crippen LogP contribution >= 0.6 is 0 Å². The van der Waals surface area contributed by atoms with Crippen LogP contribution in [0.2, 0.25) is 0 Å². The smallest absolute Gasteiger partial charge is 0.410 e. The number of amides is 3. The summed E-state index contributed by atoms with van der Waals surface area (Å²) in [5.41, 5.74) is -0.609. The molecule has 224 valence electrons. The van der Waals surface area contributed by atoms with E-state index in [0.717, 1.165) is 44.9 Å². The number of urea groups is 1. The Bertz CT molecular complexity index is 1000. The van der Waals surface area contributed by atoms with Gasteiger partial charge in [-0.05, 0) is 65.7 Å². The molecule has 1 unspecified atom stereocenters. The van der Waals surface area contributed by atoms with Crippen molar-refractivity contribution in [1.29, 1.82) is 0 Å². The van der Waals surface area contributed by atoms with Crippen molar-refractivity contribution in [3.63, 3.8) is 0 Å². The second-order valence-corrected chi connectivity index (χ2v) is 11.6. The molecule has 0 radical (unpaired) electrons. The van der Waals surface area contributed by atoms with E-state index in [4.69, 9.17) is 14.0 Å². The van der Waals surface area contributed by atoms with Gasteiger partial charge in [0.15, 0.2) is 0 Å². The summed E-state index contributed by atoms with van der Waals surface area (Å²) in [5.74, 6) is 0.986. The van der Waals surface area contributed by atoms with Crippen LogP contribution in [0.4, 0.5) is 9.59 Å². The third kappa shape index (κ3) is 8.76. The highest BCUT2D eigenvalue weighted by molar-refractivity contribution is 5.77. The second kappa shape index (κ2) is 15.1. The molecule has 2 bridgehead atoms. The Balaban J connectivity index is 1.55. The lowest BCUT2D eigenvalue weighted by atomic mass is 10.0. The molecule has 2 aliphatic rings. The van der Waals surface area contributed by atoms with Gasteiger partial charge in [0.05, 0.1) is 19.2 Å². The third-order valence-electron chi connectivity index (χ3n) is 7.19. The van der Waals surface area contributed by atoms with Crippen molar-refractivity contribution < 1.29 is 28.4 Å². The maximum Gasteiger partial charge on any atom is 0.410 e. The highest BCUT2D eigenvalue weighted by Gasteiger charge is 2.47. The maximum atomic E-state index is 13.0. The molecule has 3 rings (SSSR count). The monoisotopic (exact) mass is 562 g/mol. The molecule has 3 atom stereocenters. The van der Waals surface area contributed by atoms with Crippen LogP contribution in [0.15, 0.2) is 9.41 Å². The van der Waals surface area contributed by atoms with E-state index in [0.29, 0.717) is 57.3 Å². The number of unbranched alkanes of at least 4 members (excludes halogenated alkanes) is 2. The number of aliphatic imine (C=N–C) groups is 1. The SMILES string of the molecule is CCCCON1C(=O)N2C[C@@H]1CC[C@H]2c1nnc(CCCCN(C(=O)OC(C)(C)C)C(CCC)CCN=C=O)o1. The van der Waals surface area contributed by atoms with Crippen LogP contribution in [-0.2, 0) is 20.8 Å². The largest absolute Gasteiger partial charge is 0.444 e. The van der Waals surface area contributed by atoms with Crippen LogP contribution in [0.1, 0.15) is 110 Å². The van der Waals surface area contributed by atoms with Gasteiger partial charge >= 0.3 is 12.1 Å². The zero-order valence-electron chi connectivity index (χ0n) is 24.8. The lowest BCUT2D eigenvalue weighted by Gasteiger charge is -2.33. The first-order valence-corrected chi connectivity index (χ1v) is 14.8. The van der Waals surface area contributed by atoms with Gasteiger partial charge in [0, 0.05) is 25.6 Å². The Hall–Kier alpha value is -2.98. The van der Waals surface area contributed by atoms with Gasteiger partial charge in [-0.15, -0.1) is 10.2 Å². The molecule has 1 aromatic heterocycles. The van der Waals surface area contributed by atoms with Crippen LogP contribution in [0, 0.1) is 0 Å². The van der Waals surface area contributed by atoms with Crippen molar-refractivity contribution in [2.24, 2.45) is 4.99 Å². The fraction of sp³-hybridized carbons (Fsp3) is 0.821. The van der Waals surface area contributed by atoms with E-state index in [1.807, 2.05) is 20.8 Å². The van der Waals surface area contributed by atoms with Crippen LogP contribution in [0.25, 0.3) is 0 Å². The van der Waals surface area contributed by atoms with Crippen molar-refractivity contribution in [3.8, 4) is 0 Å². The summed E-state index contributed by atoms with van der Waals surface area (Å²) in [5, 5.41) is 10.0. The topological polar surface area (TPSA) is 131 Å². The first-order valence-electron chi connectivity index (χ1n) is 14.8. The number of nitrogens with zero attached hydrogens (tertiary/aromatic N) is 6. The number of hydrogen-bond acceptors (Lipinski definition) is 9. The zero-order chi connectivity index (χ0) is 29.1. The van der Waals surface area contributed by atoms with E-state index in [1.165, 1.54) is 5.06 Å². The van der Waals surface area contributed by atoms with E-state index in [2.05, 4.69) is 29.0 Å². The fourth-order valence-electron chi connectivity index (χ4n) is 5.21. The molecule has 0 N–H and O–H groups in total. The van der Waals surface area contributed by atoms with Crippen LogP contribution in [-0.4, -0.2) is 87.2 Å². The minimum Gasteiger partial charge on any atom is -0.444 e. The summed E-state index contributed by atoms with van der Waals surface area (Å²) >= 11 is 0. The predicted octanol–water partition coefficient (Wildman–Crippen LogP) is 5.20. The number of carbonyl (C=O) groups is 2. The lowest BCUT2D eigenvalue weighted by molar-refractivity contribution is -0.130. The molecule has 1 aromatic rings. The predicted molar refractivity (Wildman–Crippen MR) is 147 cm³/mol.